The molecule has 0 radical (unpaired) electrons. The van der Waals surface area contributed by atoms with Gasteiger partial charge in [-0.15, -0.1) is 0 Å². The van der Waals surface area contributed by atoms with E-state index in [9.17, 15) is 0 Å². The zero-order valence-corrected chi connectivity index (χ0v) is 13.9. The van der Waals surface area contributed by atoms with Crippen LogP contribution in [0.5, 0.6) is 0 Å². The van der Waals surface area contributed by atoms with Crippen LogP contribution in [0.15, 0.2) is 0 Å². The third-order valence-corrected chi connectivity index (χ3v) is 0. The number of rotatable bonds is 0. The van der Waals surface area contributed by atoms with E-state index < -0.39 is 18.2 Å². The Morgan fingerprint density at radius 3 is 1.17 bits per heavy atom. The molecular weight excluding hydrogens is 368 g/mol. The van der Waals surface area contributed by atoms with Crippen molar-refractivity contribution in [1.29, 1.82) is 0 Å². The molecule has 64 valence electrons. The molecule has 8 nitrogen and oxygen atoms in total. The first-order chi connectivity index (χ1) is 4.00. The topological polar surface area (TPSA) is 164 Å². The van der Waals surface area contributed by atoms with Crippen molar-refractivity contribution >= 4 is 105 Å². The third kappa shape index (κ3) is 226. The monoisotopic (exact) mass is 370 g/mol. The summed E-state index contributed by atoms with van der Waals surface area (Å²) in [5.41, 5.74) is 0. The van der Waals surface area contributed by atoms with Crippen molar-refractivity contribution in [3.05, 3.63) is 0 Å². The molecule has 0 aliphatic heterocycles. The van der Waals surface area contributed by atoms with E-state index in [0.29, 0.717) is 0 Å². The molecule has 0 aromatic carbocycles. The van der Waals surface area contributed by atoms with E-state index >= 15 is 0 Å². The molecule has 0 atom stereocenters. The second-order valence-electron chi connectivity index (χ2n) is 0.877. The number of hydrogen-bond acceptors (Lipinski definition) is 7. The van der Waals surface area contributed by atoms with Crippen LogP contribution in [-0.2, 0) is 15.0 Å². The molecule has 0 saturated heterocycles. The minimum absolute atomic E-state index is 0. The van der Waals surface area contributed by atoms with Gasteiger partial charge >= 0.3 is 86.6 Å². The van der Waals surface area contributed by atoms with Crippen molar-refractivity contribution < 1.29 is 36.8 Å². The van der Waals surface area contributed by atoms with Crippen LogP contribution in [0, 0.1) is 0 Å². The van der Waals surface area contributed by atoms with Gasteiger partial charge < -0.3 is 28.4 Å². The quantitative estimate of drug-likeness (QED) is 0.194. The second-order valence-corrected chi connectivity index (χ2v) is 2.63. The SMILES string of the molecule is O=P([O-])([O-])O.O=S(=O)([O-])[O-].[Ba+2].[Ca+2]. The predicted molar refractivity (Wildman–Crippen MR) is 31.8 cm³/mol. The zero-order chi connectivity index (χ0) is 9.00. The van der Waals surface area contributed by atoms with Gasteiger partial charge in [0, 0.05) is 10.4 Å². The Morgan fingerprint density at radius 1 is 1.17 bits per heavy atom. The first kappa shape index (κ1) is 24.2. The molecular formula is HBaCaO8PS. The van der Waals surface area contributed by atoms with E-state index in [1.807, 2.05) is 0 Å². The van der Waals surface area contributed by atoms with Crippen LogP contribution in [0.25, 0.3) is 0 Å². The van der Waals surface area contributed by atoms with Crippen molar-refractivity contribution in [3.8, 4) is 0 Å². The Bertz CT molecular complexity index is 197. The smallest absolute Gasteiger partial charge is 0.790 e. The Balaban J connectivity index is -0.0000000457. The Hall–Kier alpha value is 2.81. The van der Waals surface area contributed by atoms with E-state index in [-0.39, 0.29) is 86.6 Å². The fourth-order valence-electron chi connectivity index (χ4n) is 0. The van der Waals surface area contributed by atoms with Gasteiger partial charge in [0.2, 0.25) is 0 Å². The molecule has 0 rings (SSSR count). The van der Waals surface area contributed by atoms with E-state index in [0.717, 1.165) is 0 Å². The Labute approximate surface area is 139 Å². The van der Waals surface area contributed by atoms with Crippen molar-refractivity contribution in [2.24, 2.45) is 0 Å². The third-order valence-electron chi connectivity index (χ3n) is 0. The molecule has 0 unspecified atom stereocenters. The van der Waals surface area contributed by atoms with E-state index in [4.69, 9.17) is 36.8 Å². The summed E-state index contributed by atoms with van der Waals surface area (Å²) in [7, 11) is -10.3. The summed E-state index contributed by atoms with van der Waals surface area (Å²) < 4.78 is 42.7. The average Bonchev–Trinajstić information content (AvgIpc) is 1.12. The van der Waals surface area contributed by atoms with E-state index in [1.54, 1.807) is 0 Å². The van der Waals surface area contributed by atoms with Gasteiger partial charge in [-0.05, 0) is 0 Å². The van der Waals surface area contributed by atoms with Gasteiger partial charge in [-0.1, -0.05) is 0 Å². The van der Waals surface area contributed by atoms with Crippen LogP contribution in [0.2, 0.25) is 0 Å². The first-order valence-corrected chi connectivity index (χ1v) is 4.24. The van der Waals surface area contributed by atoms with Crippen molar-refractivity contribution in [1.82, 2.24) is 0 Å². The number of phosphoric acid groups is 1. The minimum atomic E-state index is -5.17. The second kappa shape index (κ2) is 10.3. The van der Waals surface area contributed by atoms with Gasteiger partial charge in [-0.3, -0.25) is 8.42 Å². The first-order valence-electron chi connectivity index (χ1n) is 1.41. The normalized spacial score (nSPS) is 9.75. The maximum Gasteiger partial charge on any atom is 2.00 e. The molecule has 0 fully saturated rings. The van der Waals surface area contributed by atoms with Gasteiger partial charge in [0.05, 0.1) is 7.82 Å². The van der Waals surface area contributed by atoms with Gasteiger partial charge in [0.15, 0.2) is 0 Å². The molecule has 0 spiro atoms. The van der Waals surface area contributed by atoms with Crippen LogP contribution in [0.3, 0.4) is 0 Å². The number of hydrogen-bond donors (Lipinski definition) is 1. The fourth-order valence-corrected chi connectivity index (χ4v) is 0. The molecule has 12 heavy (non-hydrogen) atoms. The zero-order valence-electron chi connectivity index (χ0n) is 5.57. The van der Waals surface area contributed by atoms with Crippen LogP contribution < -0.4 is 9.79 Å². The van der Waals surface area contributed by atoms with E-state index in [2.05, 4.69) is 0 Å². The van der Waals surface area contributed by atoms with Crippen molar-refractivity contribution in [3.63, 3.8) is 0 Å². The summed E-state index contributed by atoms with van der Waals surface area (Å²) in [5, 5.41) is 0. The van der Waals surface area contributed by atoms with Gasteiger partial charge in [0.25, 0.3) is 0 Å². The standard InChI is InChI=1S/Ba.Ca.H3O4P.H2O4S/c;;2*1-5(2,3)4/h;;(H3,1,2,3,4);(H2,1,2,3,4)/q2*+2;;/p-4. The van der Waals surface area contributed by atoms with Crippen LogP contribution in [0.1, 0.15) is 0 Å². The van der Waals surface area contributed by atoms with Gasteiger partial charge in [-0.25, -0.2) is 0 Å². The molecule has 1 N–H and O–H groups in total. The Morgan fingerprint density at radius 2 is 1.17 bits per heavy atom. The molecule has 0 aromatic heterocycles. The maximum atomic E-state index is 8.66. The molecule has 0 aliphatic carbocycles. The summed E-state index contributed by atoms with van der Waals surface area (Å²) in [6.07, 6.45) is 0. The maximum absolute atomic E-state index is 8.66. The molecule has 12 heteroatoms. The molecule has 0 aromatic rings. The van der Waals surface area contributed by atoms with Gasteiger partial charge in [-0.2, -0.15) is 0 Å². The predicted octanol–water partition coefficient (Wildman–Crippen LogP) is -4.29. The van der Waals surface area contributed by atoms with Crippen LogP contribution in [0.4, 0.5) is 0 Å². The molecule has 0 heterocycles. The molecule has 0 bridgehead atoms. The van der Waals surface area contributed by atoms with Crippen molar-refractivity contribution in [2.75, 3.05) is 0 Å². The summed E-state index contributed by atoms with van der Waals surface area (Å²) in [6, 6.07) is 0. The summed E-state index contributed by atoms with van der Waals surface area (Å²) in [6.45, 7) is 0. The molecule has 0 amide bonds. The molecule has 0 aliphatic rings. The van der Waals surface area contributed by atoms with E-state index in [1.165, 1.54) is 0 Å². The van der Waals surface area contributed by atoms with Crippen LogP contribution in [-0.4, -0.2) is 109 Å². The van der Waals surface area contributed by atoms with Crippen LogP contribution >= 0.6 is 7.82 Å². The summed E-state index contributed by atoms with van der Waals surface area (Å²) >= 11 is 0. The van der Waals surface area contributed by atoms with Crippen molar-refractivity contribution in [2.45, 2.75) is 0 Å². The minimum Gasteiger partial charge on any atom is -0.790 e. The largest absolute Gasteiger partial charge is 2.00 e. The average molecular weight is 369 g/mol. The fraction of sp³-hybridized carbons (Fsp3) is 0. The van der Waals surface area contributed by atoms with Gasteiger partial charge in [0.1, 0.15) is 0 Å². The summed E-state index contributed by atoms with van der Waals surface area (Å²) in [4.78, 5) is 24.3. The Kier molecular flexibility index (Phi) is 20.8. The summed E-state index contributed by atoms with van der Waals surface area (Å²) in [5.74, 6) is 0. The molecule has 0 saturated carbocycles.